The Morgan fingerprint density at radius 1 is 1.09 bits per heavy atom. The first-order valence-electron chi connectivity index (χ1n) is 14.2. The maximum atomic E-state index is 13.9. The van der Waals surface area contributed by atoms with E-state index in [1.807, 2.05) is 36.4 Å². The minimum Gasteiger partial charge on any atom is -0.493 e. The third kappa shape index (κ3) is 6.04. The van der Waals surface area contributed by atoms with E-state index in [4.69, 9.17) is 14.2 Å². The second kappa shape index (κ2) is 13.0. The van der Waals surface area contributed by atoms with Gasteiger partial charge in [-0.2, -0.15) is 0 Å². The summed E-state index contributed by atoms with van der Waals surface area (Å²) >= 11 is 3.42. The second-order valence-corrected chi connectivity index (χ2v) is 12.5. The van der Waals surface area contributed by atoms with Crippen LogP contribution in [-0.4, -0.2) is 24.3 Å². The number of hydrogen-bond donors (Lipinski definition) is 0. The van der Waals surface area contributed by atoms with Crippen LogP contribution in [0.1, 0.15) is 36.6 Å². The molecular weight excluding hydrogens is 706 g/mol. The van der Waals surface area contributed by atoms with E-state index in [-0.39, 0.29) is 17.7 Å². The summed E-state index contributed by atoms with van der Waals surface area (Å²) in [6, 6.07) is 23.0. The molecule has 1 aliphatic heterocycles. The molecule has 0 radical (unpaired) electrons. The molecule has 0 saturated carbocycles. The molecule has 0 aliphatic carbocycles. The highest BCUT2D eigenvalue weighted by atomic mass is 127. The zero-order chi connectivity index (χ0) is 31.7. The van der Waals surface area contributed by atoms with Crippen molar-refractivity contribution in [3.05, 3.63) is 136 Å². The molecule has 10 heteroatoms. The molecule has 0 N–H and O–H groups in total. The Kier molecular flexibility index (Phi) is 8.86. The first kappa shape index (κ1) is 30.7. The molecule has 0 amide bonds. The summed E-state index contributed by atoms with van der Waals surface area (Å²) in [6.07, 6.45) is 1.77. The van der Waals surface area contributed by atoms with E-state index in [2.05, 4.69) is 45.8 Å². The quantitative estimate of drug-likeness (QED) is 0.139. The molecule has 1 aliphatic rings. The summed E-state index contributed by atoms with van der Waals surface area (Å²) in [5.41, 5.74) is 2.73. The SMILES string of the molecule is CCOC(=O)C1=C(C)N=c2s/c(=C\c3cc(I)c(OCc4cccc5ccccc45)c(OC)c3)c(=O)n2[C@H]1c1ccc(F)cc1. The minimum atomic E-state index is -0.817. The Bertz CT molecular complexity index is 2150. The Balaban J connectivity index is 1.39. The van der Waals surface area contributed by atoms with Gasteiger partial charge in [-0.05, 0) is 94.2 Å². The van der Waals surface area contributed by atoms with E-state index in [1.54, 1.807) is 39.2 Å². The smallest absolute Gasteiger partial charge is 0.338 e. The van der Waals surface area contributed by atoms with Crippen LogP contribution >= 0.6 is 33.9 Å². The second-order valence-electron chi connectivity index (χ2n) is 10.3. The Hall–Kier alpha value is -4.29. The van der Waals surface area contributed by atoms with E-state index in [0.29, 0.717) is 38.7 Å². The largest absolute Gasteiger partial charge is 0.493 e. The number of carbonyl (C=O) groups is 1. The number of benzene rings is 4. The van der Waals surface area contributed by atoms with Gasteiger partial charge in [0.15, 0.2) is 16.3 Å². The average Bonchev–Trinajstić information content (AvgIpc) is 3.33. The molecule has 0 fully saturated rings. The van der Waals surface area contributed by atoms with Crippen molar-refractivity contribution in [2.24, 2.45) is 4.99 Å². The van der Waals surface area contributed by atoms with Gasteiger partial charge >= 0.3 is 5.97 Å². The summed E-state index contributed by atoms with van der Waals surface area (Å²) in [5.74, 6) is 0.153. The van der Waals surface area contributed by atoms with E-state index in [9.17, 15) is 14.0 Å². The van der Waals surface area contributed by atoms with Gasteiger partial charge < -0.3 is 14.2 Å². The van der Waals surface area contributed by atoms with Crippen LogP contribution in [0.5, 0.6) is 11.5 Å². The zero-order valence-electron chi connectivity index (χ0n) is 24.7. The number of thiazole rings is 1. The number of nitrogens with zero attached hydrogens (tertiary/aromatic N) is 2. The summed E-state index contributed by atoms with van der Waals surface area (Å²) in [7, 11) is 1.58. The number of rotatable bonds is 8. The van der Waals surface area contributed by atoms with Gasteiger partial charge in [0.2, 0.25) is 0 Å². The molecule has 0 bridgehead atoms. The van der Waals surface area contributed by atoms with Crippen molar-refractivity contribution in [3.63, 3.8) is 0 Å². The van der Waals surface area contributed by atoms with Crippen LogP contribution in [0.2, 0.25) is 0 Å². The van der Waals surface area contributed by atoms with E-state index >= 15 is 0 Å². The minimum absolute atomic E-state index is 0.165. The van der Waals surface area contributed by atoms with E-state index < -0.39 is 17.8 Å². The average molecular weight is 735 g/mol. The van der Waals surface area contributed by atoms with Gasteiger partial charge in [-0.15, -0.1) is 0 Å². The molecule has 1 atom stereocenters. The number of fused-ring (bicyclic) bond motifs is 2. The van der Waals surface area contributed by atoms with Gasteiger partial charge in [0.05, 0.1) is 39.1 Å². The molecule has 6 rings (SSSR count). The number of allylic oxidation sites excluding steroid dienone is 1. The van der Waals surface area contributed by atoms with Gasteiger partial charge in [0.1, 0.15) is 12.4 Å². The highest BCUT2D eigenvalue weighted by Crippen LogP contribution is 2.35. The predicted octanol–water partition coefficient (Wildman–Crippen LogP) is 6.28. The number of carbonyl (C=O) groups excluding carboxylic acids is 1. The fraction of sp³-hybridized carbons (Fsp3) is 0.171. The fourth-order valence-electron chi connectivity index (χ4n) is 5.43. The molecule has 0 saturated heterocycles. The van der Waals surface area contributed by atoms with Gasteiger partial charge in [-0.1, -0.05) is 65.9 Å². The van der Waals surface area contributed by atoms with Crippen molar-refractivity contribution < 1.29 is 23.4 Å². The molecule has 1 aromatic heterocycles. The number of methoxy groups -OCH3 is 1. The molecule has 2 heterocycles. The zero-order valence-corrected chi connectivity index (χ0v) is 27.6. The molecule has 4 aromatic carbocycles. The Morgan fingerprint density at radius 3 is 2.60 bits per heavy atom. The fourth-order valence-corrected chi connectivity index (χ4v) is 7.26. The van der Waals surface area contributed by atoms with Gasteiger partial charge in [-0.3, -0.25) is 9.36 Å². The van der Waals surface area contributed by atoms with Gasteiger partial charge in [0.25, 0.3) is 5.56 Å². The van der Waals surface area contributed by atoms with Crippen LogP contribution < -0.4 is 24.4 Å². The van der Waals surface area contributed by atoms with Crippen molar-refractivity contribution in [1.29, 1.82) is 0 Å². The predicted molar refractivity (Wildman–Crippen MR) is 181 cm³/mol. The molecule has 0 unspecified atom stereocenters. The first-order valence-corrected chi connectivity index (χ1v) is 16.1. The van der Waals surface area contributed by atoms with Crippen molar-refractivity contribution in [2.45, 2.75) is 26.5 Å². The lowest BCUT2D eigenvalue weighted by Gasteiger charge is -2.24. The number of esters is 1. The van der Waals surface area contributed by atoms with Crippen LogP contribution in [0.15, 0.2) is 99.9 Å². The highest BCUT2D eigenvalue weighted by molar-refractivity contribution is 14.1. The first-order chi connectivity index (χ1) is 21.8. The third-order valence-corrected chi connectivity index (χ3v) is 9.29. The van der Waals surface area contributed by atoms with Crippen molar-refractivity contribution in [1.82, 2.24) is 4.57 Å². The molecule has 5 aromatic rings. The number of hydrogen-bond acceptors (Lipinski definition) is 7. The normalized spacial score (nSPS) is 14.7. The number of ether oxygens (including phenoxy) is 3. The molecule has 7 nitrogen and oxygen atoms in total. The summed E-state index contributed by atoms with van der Waals surface area (Å²) in [4.78, 5) is 32.1. The highest BCUT2D eigenvalue weighted by Gasteiger charge is 2.33. The number of aromatic nitrogens is 1. The summed E-state index contributed by atoms with van der Waals surface area (Å²) < 4.78 is 33.9. The summed E-state index contributed by atoms with van der Waals surface area (Å²) in [5, 5.41) is 2.27. The molecule has 45 heavy (non-hydrogen) atoms. The van der Waals surface area contributed by atoms with Gasteiger partial charge in [-0.25, -0.2) is 14.2 Å². The molecule has 228 valence electrons. The van der Waals surface area contributed by atoms with Crippen LogP contribution in [-0.2, 0) is 16.1 Å². The Labute approximate surface area is 276 Å². The van der Waals surface area contributed by atoms with Crippen molar-refractivity contribution in [2.75, 3.05) is 13.7 Å². The van der Waals surface area contributed by atoms with E-state index in [0.717, 1.165) is 25.5 Å². The maximum Gasteiger partial charge on any atom is 0.338 e. The Morgan fingerprint density at radius 2 is 1.84 bits per heavy atom. The van der Waals surface area contributed by atoms with Gasteiger partial charge in [0, 0.05) is 0 Å². The maximum absolute atomic E-state index is 13.9. The van der Waals surface area contributed by atoms with Crippen LogP contribution in [0.3, 0.4) is 0 Å². The topological polar surface area (TPSA) is 79.1 Å². The van der Waals surface area contributed by atoms with Crippen LogP contribution in [0.4, 0.5) is 4.39 Å². The van der Waals surface area contributed by atoms with E-state index in [1.165, 1.54) is 28.0 Å². The number of halogens is 2. The van der Waals surface area contributed by atoms with Crippen molar-refractivity contribution >= 4 is 56.7 Å². The van der Waals surface area contributed by atoms with Crippen molar-refractivity contribution in [3.8, 4) is 11.5 Å². The molecular formula is C35H28FIN2O5S. The standard InChI is InChI=1S/C35H28FIN2O5S/c1-4-43-34(41)30-20(2)38-35-39(31(30)23-12-14-25(36)15-13-23)33(40)29(45-35)18-21-16-27(37)32(28(17-21)42-3)44-19-24-10-7-9-22-8-5-6-11-26(22)24/h5-18,31H,4,19H2,1-3H3/b29-18-/t31-/m0/s1. The third-order valence-electron chi connectivity index (χ3n) is 7.50. The lowest BCUT2D eigenvalue weighted by Crippen LogP contribution is -2.39. The monoisotopic (exact) mass is 734 g/mol. The van der Waals surface area contributed by atoms with Crippen LogP contribution in [0, 0.1) is 9.39 Å². The summed E-state index contributed by atoms with van der Waals surface area (Å²) in [6.45, 7) is 3.95. The molecule has 0 spiro atoms. The lowest BCUT2D eigenvalue weighted by molar-refractivity contribution is -0.139. The lowest BCUT2D eigenvalue weighted by atomic mass is 9.96. The van der Waals surface area contributed by atoms with Crippen LogP contribution in [0.25, 0.3) is 16.8 Å².